The second-order valence-corrected chi connectivity index (χ2v) is 5.87. The maximum atomic E-state index is 11.8. The summed E-state index contributed by atoms with van der Waals surface area (Å²) < 4.78 is 24.9. The van der Waals surface area contributed by atoms with Crippen molar-refractivity contribution < 1.29 is 8.42 Å². The number of aromatic nitrogens is 1. The molecule has 1 heterocycles. The van der Waals surface area contributed by atoms with Gasteiger partial charge in [-0.2, -0.15) is 0 Å². The van der Waals surface area contributed by atoms with Gasteiger partial charge in [-0.15, -0.1) is 11.6 Å². The van der Waals surface area contributed by atoms with Crippen LogP contribution in [0.2, 0.25) is 0 Å². The van der Waals surface area contributed by atoms with E-state index in [0.717, 1.165) is 0 Å². The van der Waals surface area contributed by atoms with Crippen molar-refractivity contribution in [2.45, 2.75) is 12.8 Å². The molecule has 0 amide bonds. The zero-order valence-electron chi connectivity index (χ0n) is 9.13. The average molecular weight is 263 g/mol. The van der Waals surface area contributed by atoms with Crippen molar-refractivity contribution in [3.8, 4) is 0 Å². The molecule has 90 valence electrons. The molecule has 0 unspecified atom stereocenters. The first-order chi connectivity index (χ1) is 7.58. The zero-order chi connectivity index (χ0) is 12.0. The Kier molecular flexibility index (Phi) is 5.02. The molecule has 6 heteroatoms. The fourth-order valence-corrected chi connectivity index (χ4v) is 2.62. The van der Waals surface area contributed by atoms with Crippen molar-refractivity contribution in [3.63, 3.8) is 0 Å². The van der Waals surface area contributed by atoms with Gasteiger partial charge >= 0.3 is 0 Å². The standard InChI is InChI=1S/C10H15ClN2O2S/c1-13(10-6-2-4-8-12-10)16(14,15)9-5-3-7-11/h2,4,6,8H,3,5,7,9H2,1H3. The Morgan fingerprint density at radius 3 is 2.69 bits per heavy atom. The van der Waals surface area contributed by atoms with Crippen LogP contribution in [0.4, 0.5) is 5.82 Å². The zero-order valence-corrected chi connectivity index (χ0v) is 10.7. The first kappa shape index (κ1) is 13.3. The summed E-state index contributed by atoms with van der Waals surface area (Å²) in [6.07, 6.45) is 2.85. The Labute approximate surface area is 101 Å². The number of pyridine rings is 1. The summed E-state index contributed by atoms with van der Waals surface area (Å²) in [6, 6.07) is 5.17. The van der Waals surface area contributed by atoms with Crippen molar-refractivity contribution in [3.05, 3.63) is 24.4 Å². The van der Waals surface area contributed by atoms with Gasteiger partial charge < -0.3 is 0 Å². The molecule has 0 bridgehead atoms. The first-order valence-corrected chi connectivity index (χ1v) is 7.16. The van der Waals surface area contributed by atoms with Crippen molar-refractivity contribution in [2.24, 2.45) is 0 Å². The van der Waals surface area contributed by atoms with E-state index in [9.17, 15) is 8.42 Å². The van der Waals surface area contributed by atoms with Gasteiger partial charge in [0.05, 0.1) is 5.75 Å². The summed E-state index contributed by atoms with van der Waals surface area (Å²) in [4.78, 5) is 3.99. The van der Waals surface area contributed by atoms with E-state index in [1.165, 1.54) is 11.4 Å². The fraction of sp³-hybridized carbons (Fsp3) is 0.500. The molecule has 16 heavy (non-hydrogen) atoms. The van der Waals surface area contributed by atoms with Gasteiger partial charge in [-0.3, -0.25) is 4.31 Å². The Morgan fingerprint density at radius 2 is 2.12 bits per heavy atom. The molecule has 0 atom stereocenters. The van der Waals surface area contributed by atoms with E-state index in [1.807, 2.05) is 0 Å². The first-order valence-electron chi connectivity index (χ1n) is 5.01. The molecule has 0 aliphatic rings. The normalized spacial score (nSPS) is 11.4. The van der Waals surface area contributed by atoms with E-state index in [4.69, 9.17) is 11.6 Å². The van der Waals surface area contributed by atoms with Crippen LogP contribution in [0.15, 0.2) is 24.4 Å². The summed E-state index contributed by atoms with van der Waals surface area (Å²) in [7, 11) is -1.76. The van der Waals surface area contributed by atoms with Crippen molar-refractivity contribution in [1.82, 2.24) is 4.98 Å². The van der Waals surface area contributed by atoms with Crippen LogP contribution in [0, 0.1) is 0 Å². The van der Waals surface area contributed by atoms with Gasteiger partial charge in [-0.05, 0) is 25.0 Å². The summed E-state index contributed by atoms with van der Waals surface area (Å²) in [5.41, 5.74) is 0. The van der Waals surface area contributed by atoms with Gasteiger partial charge in [0.2, 0.25) is 10.0 Å². The molecular formula is C10H15ClN2O2S. The maximum Gasteiger partial charge on any atom is 0.236 e. The molecule has 0 saturated heterocycles. The number of anilines is 1. The lowest BCUT2D eigenvalue weighted by molar-refractivity contribution is 0.590. The number of alkyl halides is 1. The molecule has 1 rings (SSSR count). The number of halogens is 1. The molecule has 1 aromatic heterocycles. The quantitative estimate of drug-likeness (QED) is 0.581. The Balaban J connectivity index is 2.69. The molecule has 0 aliphatic heterocycles. The predicted octanol–water partition coefficient (Wildman–Crippen LogP) is 1.87. The highest BCUT2D eigenvalue weighted by molar-refractivity contribution is 7.92. The summed E-state index contributed by atoms with van der Waals surface area (Å²) in [5, 5.41) is 0. The second kappa shape index (κ2) is 6.06. The lowest BCUT2D eigenvalue weighted by Crippen LogP contribution is -2.29. The molecule has 0 spiro atoms. The highest BCUT2D eigenvalue weighted by atomic mass is 35.5. The number of sulfonamides is 1. The van der Waals surface area contributed by atoms with Crippen molar-refractivity contribution in [2.75, 3.05) is 23.0 Å². The van der Waals surface area contributed by atoms with E-state index in [0.29, 0.717) is 24.5 Å². The smallest absolute Gasteiger partial charge is 0.236 e. The van der Waals surface area contributed by atoms with Crippen molar-refractivity contribution >= 4 is 27.4 Å². The third-order valence-electron chi connectivity index (χ3n) is 2.18. The van der Waals surface area contributed by atoms with Crippen LogP contribution in [0.1, 0.15) is 12.8 Å². The van der Waals surface area contributed by atoms with Gasteiger partial charge in [0, 0.05) is 19.1 Å². The van der Waals surface area contributed by atoms with Crippen LogP contribution in [0.5, 0.6) is 0 Å². The monoisotopic (exact) mass is 262 g/mol. The van der Waals surface area contributed by atoms with E-state index < -0.39 is 10.0 Å². The Morgan fingerprint density at radius 1 is 1.38 bits per heavy atom. The lowest BCUT2D eigenvalue weighted by atomic mass is 10.4. The molecule has 0 N–H and O–H groups in total. The molecule has 1 aromatic rings. The van der Waals surface area contributed by atoms with Crippen LogP contribution >= 0.6 is 11.6 Å². The average Bonchev–Trinajstić information content (AvgIpc) is 2.29. The van der Waals surface area contributed by atoms with Crippen LogP contribution in [0.3, 0.4) is 0 Å². The van der Waals surface area contributed by atoms with Gasteiger partial charge in [-0.1, -0.05) is 6.07 Å². The number of rotatable bonds is 6. The second-order valence-electron chi connectivity index (χ2n) is 3.37. The van der Waals surface area contributed by atoms with Crippen LogP contribution < -0.4 is 4.31 Å². The predicted molar refractivity (Wildman–Crippen MR) is 66.4 cm³/mol. The van der Waals surface area contributed by atoms with E-state index >= 15 is 0 Å². The third kappa shape index (κ3) is 3.64. The molecule has 4 nitrogen and oxygen atoms in total. The summed E-state index contributed by atoms with van der Waals surface area (Å²) >= 11 is 5.51. The number of hydrogen-bond donors (Lipinski definition) is 0. The molecular weight excluding hydrogens is 248 g/mol. The largest absolute Gasteiger partial charge is 0.257 e. The summed E-state index contributed by atoms with van der Waals surface area (Å²) in [5.74, 6) is 1.03. The Bertz CT molecular complexity index is 408. The molecule has 0 aromatic carbocycles. The van der Waals surface area contributed by atoms with E-state index in [-0.39, 0.29) is 5.75 Å². The lowest BCUT2D eigenvalue weighted by Gasteiger charge is -2.17. The topological polar surface area (TPSA) is 50.3 Å². The van der Waals surface area contributed by atoms with Gasteiger partial charge in [0.25, 0.3) is 0 Å². The maximum absolute atomic E-state index is 11.8. The molecule has 0 aliphatic carbocycles. The minimum atomic E-state index is -3.27. The highest BCUT2D eigenvalue weighted by Crippen LogP contribution is 2.13. The van der Waals surface area contributed by atoms with Crippen LogP contribution in [0.25, 0.3) is 0 Å². The molecule has 0 fully saturated rings. The Hall–Kier alpha value is -0.810. The van der Waals surface area contributed by atoms with Crippen molar-refractivity contribution in [1.29, 1.82) is 0 Å². The molecule has 0 saturated carbocycles. The van der Waals surface area contributed by atoms with Gasteiger partial charge in [-0.25, -0.2) is 13.4 Å². The number of nitrogens with zero attached hydrogens (tertiary/aromatic N) is 2. The molecule has 0 radical (unpaired) electrons. The SMILES string of the molecule is CN(c1ccccn1)S(=O)(=O)CCCCCl. The third-order valence-corrected chi connectivity index (χ3v) is 4.27. The number of unbranched alkanes of at least 4 members (excludes halogenated alkanes) is 1. The number of hydrogen-bond acceptors (Lipinski definition) is 3. The van der Waals surface area contributed by atoms with Crippen LogP contribution in [-0.4, -0.2) is 32.1 Å². The van der Waals surface area contributed by atoms with E-state index in [1.54, 1.807) is 24.4 Å². The minimum absolute atomic E-state index is 0.104. The highest BCUT2D eigenvalue weighted by Gasteiger charge is 2.18. The van der Waals surface area contributed by atoms with E-state index in [2.05, 4.69) is 4.98 Å². The summed E-state index contributed by atoms with van der Waals surface area (Å²) in [6.45, 7) is 0. The minimum Gasteiger partial charge on any atom is -0.257 e. The fourth-order valence-electron chi connectivity index (χ4n) is 1.20. The van der Waals surface area contributed by atoms with Gasteiger partial charge in [0.15, 0.2) is 0 Å². The van der Waals surface area contributed by atoms with Gasteiger partial charge in [0.1, 0.15) is 5.82 Å². The van der Waals surface area contributed by atoms with Crippen LogP contribution in [-0.2, 0) is 10.0 Å².